The molecule has 1 aromatic carbocycles. The molecule has 7 nitrogen and oxygen atoms in total. The summed E-state index contributed by atoms with van der Waals surface area (Å²) in [5.41, 5.74) is 0.783. The third-order valence-corrected chi connectivity index (χ3v) is 5.80. The lowest BCUT2D eigenvalue weighted by molar-refractivity contribution is -0.143. The van der Waals surface area contributed by atoms with Gasteiger partial charge in [-0.25, -0.2) is 0 Å². The SMILES string of the molecule is CC(C)N(Cc1nnc(-c2ccc(Cl)cc2)o1)CN1C(=O)[C@H]2CC=CC[C@@H]2C1=O. The van der Waals surface area contributed by atoms with Crippen LogP contribution in [0.4, 0.5) is 0 Å². The Kier molecular flexibility index (Phi) is 5.52. The molecule has 0 N–H and O–H groups in total. The number of hydrogen-bond acceptors (Lipinski definition) is 6. The Bertz CT molecular complexity index is 912. The summed E-state index contributed by atoms with van der Waals surface area (Å²) in [5, 5.41) is 8.87. The number of fused-ring (bicyclic) bond motifs is 1. The number of likely N-dealkylation sites (tertiary alicyclic amines) is 1. The van der Waals surface area contributed by atoms with Crippen LogP contribution in [0.3, 0.4) is 0 Å². The number of nitrogens with zero attached hydrogens (tertiary/aromatic N) is 4. The van der Waals surface area contributed by atoms with E-state index in [0.29, 0.717) is 36.2 Å². The lowest BCUT2D eigenvalue weighted by Crippen LogP contribution is -2.44. The van der Waals surface area contributed by atoms with Crippen molar-refractivity contribution in [3.63, 3.8) is 0 Å². The molecule has 4 rings (SSSR count). The first-order chi connectivity index (χ1) is 13.9. The molecular weight excluding hydrogens is 392 g/mol. The van der Waals surface area contributed by atoms with E-state index >= 15 is 0 Å². The molecule has 2 atom stereocenters. The average molecular weight is 415 g/mol. The zero-order valence-corrected chi connectivity index (χ0v) is 17.2. The fourth-order valence-electron chi connectivity index (χ4n) is 3.79. The van der Waals surface area contributed by atoms with E-state index in [-0.39, 0.29) is 36.4 Å². The summed E-state index contributed by atoms with van der Waals surface area (Å²) in [4.78, 5) is 28.9. The van der Waals surface area contributed by atoms with Gasteiger partial charge in [0.15, 0.2) is 0 Å². The maximum absolute atomic E-state index is 12.8. The highest BCUT2D eigenvalue weighted by Gasteiger charge is 2.47. The van der Waals surface area contributed by atoms with Crippen LogP contribution >= 0.6 is 11.6 Å². The molecule has 0 unspecified atom stereocenters. The van der Waals surface area contributed by atoms with E-state index in [4.69, 9.17) is 16.0 Å². The summed E-state index contributed by atoms with van der Waals surface area (Å²) in [6, 6.07) is 7.25. The molecule has 1 aliphatic carbocycles. The lowest BCUT2D eigenvalue weighted by atomic mass is 9.85. The van der Waals surface area contributed by atoms with Crippen molar-refractivity contribution in [2.75, 3.05) is 6.67 Å². The van der Waals surface area contributed by atoms with Crippen molar-refractivity contribution in [3.8, 4) is 11.5 Å². The van der Waals surface area contributed by atoms with Crippen LogP contribution < -0.4 is 0 Å². The fraction of sp³-hybridized carbons (Fsp3) is 0.429. The van der Waals surface area contributed by atoms with Crippen LogP contribution in [0.5, 0.6) is 0 Å². The molecule has 29 heavy (non-hydrogen) atoms. The summed E-state index contributed by atoms with van der Waals surface area (Å²) in [7, 11) is 0. The molecule has 152 valence electrons. The third kappa shape index (κ3) is 3.97. The van der Waals surface area contributed by atoms with E-state index in [1.165, 1.54) is 4.90 Å². The molecule has 1 aliphatic heterocycles. The van der Waals surface area contributed by atoms with Gasteiger partial charge < -0.3 is 4.42 Å². The molecule has 2 aliphatic rings. The Morgan fingerprint density at radius 2 is 1.72 bits per heavy atom. The van der Waals surface area contributed by atoms with Gasteiger partial charge in [0.25, 0.3) is 0 Å². The molecule has 2 aromatic rings. The highest BCUT2D eigenvalue weighted by atomic mass is 35.5. The number of halogens is 1. The molecule has 0 saturated carbocycles. The monoisotopic (exact) mass is 414 g/mol. The number of benzene rings is 1. The average Bonchev–Trinajstić information content (AvgIpc) is 3.27. The third-order valence-electron chi connectivity index (χ3n) is 5.55. The van der Waals surface area contributed by atoms with Gasteiger partial charge in [-0.1, -0.05) is 23.8 Å². The normalized spacial score (nSPS) is 21.5. The molecule has 0 bridgehead atoms. The van der Waals surface area contributed by atoms with Crippen molar-refractivity contribution in [2.24, 2.45) is 11.8 Å². The predicted octanol–water partition coefficient (Wildman–Crippen LogP) is 3.51. The van der Waals surface area contributed by atoms with Crippen LogP contribution in [0.15, 0.2) is 40.8 Å². The quantitative estimate of drug-likeness (QED) is 0.531. The van der Waals surface area contributed by atoms with Crippen LogP contribution in [0.2, 0.25) is 5.02 Å². The number of hydrogen-bond donors (Lipinski definition) is 0. The van der Waals surface area contributed by atoms with Crippen molar-refractivity contribution in [2.45, 2.75) is 39.3 Å². The summed E-state index contributed by atoms with van der Waals surface area (Å²) in [6.07, 6.45) is 5.27. The van der Waals surface area contributed by atoms with Crippen LogP contribution in [0, 0.1) is 11.8 Å². The number of allylic oxidation sites excluding steroid dienone is 2. The summed E-state index contributed by atoms with van der Waals surface area (Å²) >= 11 is 5.92. The number of aromatic nitrogens is 2. The minimum Gasteiger partial charge on any atom is -0.419 e. The van der Waals surface area contributed by atoms with E-state index in [9.17, 15) is 9.59 Å². The zero-order chi connectivity index (χ0) is 20.5. The van der Waals surface area contributed by atoms with Gasteiger partial charge >= 0.3 is 0 Å². The van der Waals surface area contributed by atoms with E-state index in [1.807, 2.05) is 43.0 Å². The van der Waals surface area contributed by atoms with E-state index in [1.54, 1.807) is 12.1 Å². The molecule has 1 fully saturated rings. The van der Waals surface area contributed by atoms with Gasteiger partial charge in [0, 0.05) is 16.6 Å². The van der Waals surface area contributed by atoms with Crippen LogP contribution in [-0.2, 0) is 16.1 Å². The second-order valence-corrected chi connectivity index (χ2v) is 8.19. The fourth-order valence-corrected chi connectivity index (χ4v) is 3.91. The second-order valence-electron chi connectivity index (χ2n) is 7.75. The van der Waals surface area contributed by atoms with Crippen molar-refractivity contribution in [3.05, 3.63) is 47.3 Å². The van der Waals surface area contributed by atoms with Crippen molar-refractivity contribution >= 4 is 23.4 Å². The highest BCUT2D eigenvalue weighted by molar-refractivity contribution is 6.30. The van der Waals surface area contributed by atoms with Gasteiger partial charge in [0.1, 0.15) is 0 Å². The van der Waals surface area contributed by atoms with E-state index in [2.05, 4.69) is 10.2 Å². The Balaban J connectivity index is 1.47. The molecule has 8 heteroatoms. The van der Waals surface area contributed by atoms with Crippen molar-refractivity contribution < 1.29 is 14.0 Å². The van der Waals surface area contributed by atoms with Crippen molar-refractivity contribution in [1.29, 1.82) is 0 Å². The maximum Gasteiger partial charge on any atom is 0.247 e. The van der Waals surface area contributed by atoms with Gasteiger partial charge in [0.2, 0.25) is 23.6 Å². The van der Waals surface area contributed by atoms with E-state index < -0.39 is 0 Å². The molecule has 2 heterocycles. The van der Waals surface area contributed by atoms with Gasteiger partial charge in [-0.05, 0) is 51.0 Å². The molecule has 2 amide bonds. The molecule has 1 saturated heterocycles. The molecule has 0 spiro atoms. The Hall–Kier alpha value is -2.51. The Morgan fingerprint density at radius 3 is 2.31 bits per heavy atom. The van der Waals surface area contributed by atoms with Crippen LogP contribution in [0.1, 0.15) is 32.6 Å². The molecular formula is C21H23ClN4O3. The van der Waals surface area contributed by atoms with Gasteiger partial charge in [-0.15, -0.1) is 10.2 Å². The second kappa shape index (κ2) is 8.08. The lowest BCUT2D eigenvalue weighted by Gasteiger charge is -2.29. The van der Waals surface area contributed by atoms with Gasteiger partial charge in [-0.2, -0.15) is 0 Å². The Labute approximate surface area is 174 Å². The topological polar surface area (TPSA) is 79.5 Å². The van der Waals surface area contributed by atoms with Gasteiger partial charge in [0.05, 0.1) is 25.0 Å². The summed E-state index contributed by atoms with van der Waals surface area (Å²) < 4.78 is 5.80. The van der Waals surface area contributed by atoms with Crippen LogP contribution in [-0.4, -0.2) is 44.5 Å². The van der Waals surface area contributed by atoms with E-state index in [0.717, 1.165) is 5.56 Å². The minimum atomic E-state index is -0.221. The summed E-state index contributed by atoms with van der Waals surface area (Å²) in [5.74, 6) is 0.236. The largest absolute Gasteiger partial charge is 0.419 e. The minimum absolute atomic E-state index is 0.0811. The molecule has 1 aromatic heterocycles. The summed E-state index contributed by atoms with van der Waals surface area (Å²) in [6.45, 7) is 4.59. The number of carbonyl (C=O) groups excluding carboxylic acids is 2. The smallest absolute Gasteiger partial charge is 0.247 e. The number of amides is 2. The highest BCUT2D eigenvalue weighted by Crippen LogP contribution is 2.35. The van der Waals surface area contributed by atoms with Gasteiger partial charge in [-0.3, -0.25) is 19.4 Å². The predicted molar refractivity (Wildman–Crippen MR) is 107 cm³/mol. The molecule has 0 radical (unpaired) electrons. The first kappa shape index (κ1) is 19.8. The Morgan fingerprint density at radius 1 is 1.10 bits per heavy atom. The number of carbonyl (C=O) groups is 2. The zero-order valence-electron chi connectivity index (χ0n) is 16.4. The number of imide groups is 1. The standard InChI is InChI=1S/C21H23ClN4O3/c1-13(2)25(12-26-20(27)16-5-3-4-6-17(16)21(26)28)11-18-23-24-19(29-18)14-7-9-15(22)10-8-14/h3-4,7-10,13,16-17H,5-6,11-12H2,1-2H3/t16-,17-/m0/s1. The van der Waals surface area contributed by atoms with Crippen LogP contribution in [0.25, 0.3) is 11.5 Å². The number of rotatable bonds is 6. The first-order valence-corrected chi connectivity index (χ1v) is 10.1. The van der Waals surface area contributed by atoms with Crippen molar-refractivity contribution in [1.82, 2.24) is 20.0 Å². The maximum atomic E-state index is 12.8. The first-order valence-electron chi connectivity index (χ1n) is 9.76.